The van der Waals surface area contributed by atoms with Gasteiger partial charge in [0.05, 0.1) is 0 Å². The molecule has 4 nitrogen and oxygen atoms in total. The maximum Gasteiger partial charge on any atom is 0.308 e. The third-order valence-corrected chi connectivity index (χ3v) is 1.53. The van der Waals surface area contributed by atoms with Crippen LogP contribution in [0.2, 0.25) is 0 Å². The number of ether oxygens (including phenoxy) is 2. The maximum atomic E-state index is 10.6. The van der Waals surface area contributed by atoms with E-state index >= 15 is 0 Å². The number of carbonyl (C=O) groups excluding carboxylic acids is 2. The van der Waals surface area contributed by atoms with Gasteiger partial charge in [0.25, 0.3) is 0 Å². The number of hydrogen-bond acceptors (Lipinski definition) is 4. The zero-order valence-electron chi connectivity index (χ0n) is 8.65. The van der Waals surface area contributed by atoms with Crippen LogP contribution in [0.15, 0.2) is 24.3 Å². The van der Waals surface area contributed by atoms with E-state index in [4.69, 9.17) is 9.47 Å². The molecule has 80 valence electrons. The van der Waals surface area contributed by atoms with E-state index in [1.807, 2.05) is 0 Å². The average Bonchev–Trinajstić information content (AvgIpc) is 2.16. The molecule has 0 saturated carbocycles. The van der Waals surface area contributed by atoms with Crippen molar-refractivity contribution < 1.29 is 19.1 Å². The average molecular weight is 208 g/mol. The van der Waals surface area contributed by atoms with Crippen LogP contribution < -0.4 is 9.47 Å². The Morgan fingerprint density at radius 3 is 2.07 bits per heavy atom. The lowest BCUT2D eigenvalue weighted by molar-refractivity contribution is -0.131. The summed E-state index contributed by atoms with van der Waals surface area (Å²) in [6, 6.07) is 6.50. The lowest BCUT2D eigenvalue weighted by Gasteiger charge is -2.04. The van der Waals surface area contributed by atoms with Crippen LogP contribution >= 0.6 is 0 Å². The fourth-order valence-electron chi connectivity index (χ4n) is 0.955. The van der Waals surface area contributed by atoms with Gasteiger partial charge in [-0.25, -0.2) is 0 Å². The SMILES string of the molecule is CC(=O)COc1ccc(OC(C)=O)cc1. The van der Waals surface area contributed by atoms with Crippen molar-refractivity contribution in [3.8, 4) is 11.5 Å². The van der Waals surface area contributed by atoms with E-state index in [0.717, 1.165) is 0 Å². The van der Waals surface area contributed by atoms with Gasteiger partial charge in [0.1, 0.15) is 18.1 Å². The summed E-state index contributed by atoms with van der Waals surface area (Å²) in [5.41, 5.74) is 0. The van der Waals surface area contributed by atoms with E-state index in [9.17, 15) is 9.59 Å². The number of Topliss-reactive ketones (excluding diaryl/α,β-unsaturated/α-hetero) is 1. The van der Waals surface area contributed by atoms with Crippen molar-refractivity contribution in [1.82, 2.24) is 0 Å². The summed E-state index contributed by atoms with van der Waals surface area (Å²) in [6.07, 6.45) is 0. The van der Waals surface area contributed by atoms with Crippen molar-refractivity contribution in [2.45, 2.75) is 13.8 Å². The van der Waals surface area contributed by atoms with Crippen LogP contribution in [0.5, 0.6) is 11.5 Å². The Kier molecular flexibility index (Phi) is 3.85. The Labute approximate surface area is 87.8 Å². The summed E-state index contributed by atoms with van der Waals surface area (Å²) in [5, 5.41) is 0. The number of ketones is 1. The van der Waals surface area contributed by atoms with Crippen LogP contribution in [-0.4, -0.2) is 18.4 Å². The Morgan fingerprint density at radius 1 is 1.07 bits per heavy atom. The van der Waals surface area contributed by atoms with Crippen molar-refractivity contribution in [3.05, 3.63) is 24.3 Å². The summed E-state index contributed by atoms with van der Waals surface area (Å²) in [4.78, 5) is 21.3. The van der Waals surface area contributed by atoms with Gasteiger partial charge >= 0.3 is 5.97 Å². The van der Waals surface area contributed by atoms with Gasteiger partial charge in [0, 0.05) is 6.92 Å². The Morgan fingerprint density at radius 2 is 1.60 bits per heavy atom. The zero-order chi connectivity index (χ0) is 11.3. The molecule has 0 heterocycles. The molecule has 0 aromatic heterocycles. The molecule has 1 aromatic rings. The fraction of sp³-hybridized carbons (Fsp3) is 0.273. The molecule has 0 amide bonds. The standard InChI is InChI=1S/C11H12O4/c1-8(12)7-14-10-3-5-11(6-4-10)15-9(2)13/h3-6H,7H2,1-2H3. The van der Waals surface area contributed by atoms with E-state index in [1.165, 1.54) is 13.8 Å². The number of hydrogen-bond donors (Lipinski definition) is 0. The number of esters is 1. The second-order valence-electron chi connectivity index (χ2n) is 3.06. The Hall–Kier alpha value is -1.84. The summed E-state index contributed by atoms with van der Waals surface area (Å²) in [6.45, 7) is 2.83. The smallest absolute Gasteiger partial charge is 0.308 e. The minimum absolute atomic E-state index is 0.0425. The molecule has 0 bridgehead atoms. The van der Waals surface area contributed by atoms with Crippen molar-refractivity contribution in [2.24, 2.45) is 0 Å². The number of benzene rings is 1. The van der Waals surface area contributed by atoms with E-state index < -0.39 is 0 Å². The highest BCUT2D eigenvalue weighted by atomic mass is 16.5. The van der Waals surface area contributed by atoms with Crippen molar-refractivity contribution in [3.63, 3.8) is 0 Å². The van der Waals surface area contributed by atoms with E-state index in [-0.39, 0.29) is 18.4 Å². The number of rotatable bonds is 4. The molecule has 1 rings (SSSR count). The maximum absolute atomic E-state index is 10.6. The topological polar surface area (TPSA) is 52.6 Å². The lowest BCUT2D eigenvalue weighted by Crippen LogP contribution is -2.06. The van der Waals surface area contributed by atoms with Crippen LogP contribution in [0.1, 0.15) is 13.8 Å². The minimum Gasteiger partial charge on any atom is -0.486 e. The molecule has 0 atom stereocenters. The molecule has 15 heavy (non-hydrogen) atoms. The fourth-order valence-corrected chi connectivity index (χ4v) is 0.955. The van der Waals surface area contributed by atoms with Gasteiger partial charge in [0.15, 0.2) is 5.78 Å². The second kappa shape index (κ2) is 5.14. The molecule has 0 fully saturated rings. The quantitative estimate of drug-likeness (QED) is 0.556. The first-order chi connectivity index (χ1) is 7.08. The predicted molar refractivity (Wildman–Crippen MR) is 53.9 cm³/mol. The van der Waals surface area contributed by atoms with Crippen LogP contribution in [0.3, 0.4) is 0 Å². The highest BCUT2D eigenvalue weighted by molar-refractivity contribution is 5.77. The monoisotopic (exact) mass is 208 g/mol. The first-order valence-electron chi connectivity index (χ1n) is 4.48. The molecular weight excluding hydrogens is 196 g/mol. The first-order valence-corrected chi connectivity index (χ1v) is 4.48. The second-order valence-corrected chi connectivity index (χ2v) is 3.06. The summed E-state index contributed by atoms with van der Waals surface area (Å²) in [5.74, 6) is 0.616. The van der Waals surface area contributed by atoms with E-state index in [0.29, 0.717) is 11.5 Å². The highest BCUT2D eigenvalue weighted by Gasteiger charge is 1.99. The van der Waals surface area contributed by atoms with Crippen molar-refractivity contribution >= 4 is 11.8 Å². The molecule has 0 aliphatic rings. The third kappa shape index (κ3) is 4.26. The zero-order valence-corrected chi connectivity index (χ0v) is 8.65. The van der Waals surface area contributed by atoms with Gasteiger partial charge in [-0.05, 0) is 31.2 Å². The third-order valence-electron chi connectivity index (χ3n) is 1.53. The highest BCUT2D eigenvalue weighted by Crippen LogP contribution is 2.17. The summed E-state index contributed by atoms with van der Waals surface area (Å²) in [7, 11) is 0. The van der Waals surface area contributed by atoms with Crippen LogP contribution in [-0.2, 0) is 9.59 Å². The molecule has 0 spiro atoms. The van der Waals surface area contributed by atoms with Gasteiger partial charge < -0.3 is 9.47 Å². The van der Waals surface area contributed by atoms with E-state index in [1.54, 1.807) is 24.3 Å². The molecule has 0 N–H and O–H groups in total. The van der Waals surface area contributed by atoms with Crippen molar-refractivity contribution in [1.29, 1.82) is 0 Å². The molecular formula is C11H12O4. The van der Waals surface area contributed by atoms with Crippen molar-refractivity contribution in [2.75, 3.05) is 6.61 Å². The minimum atomic E-state index is -0.368. The molecule has 4 heteroatoms. The number of carbonyl (C=O) groups is 2. The molecule has 1 aromatic carbocycles. The molecule has 0 unspecified atom stereocenters. The summed E-state index contributed by atoms with van der Waals surface area (Å²) < 4.78 is 9.97. The van der Waals surface area contributed by atoms with Gasteiger partial charge in [0.2, 0.25) is 0 Å². The molecule has 0 aliphatic heterocycles. The normalized spacial score (nSPS) is 9.47. The summed E-state index contributed by atoms with van der Waals surface area (Å²) >= 11 is 0. The molecule has 0 saturated heterocycles. The van der Waals surface area contributed by atoms with Crippen LogP contribution in [0, 0.1) is 0 Å². The predicted octanol–water partition coefficient (Wildman–Crippen LogP) is 1.58. The Balaban J connectivity index is 2.56. The molecule has 0 aliphatic carbocycles. The van der Waals surface area contributed by atoms with Crippen LogP contribution in [0.25, 0.3) is 0 Å². The lowest BCUT2D eigenvalue weighted by atomic mass is 10.3. The molecule has 0 radical (unpaired) electrons. The first kappa shape index (κ1) is 11.2. The van der Waals surface area contributed by atoms with E-state index in [2.05, 4.69) is 0 Å². The van der Waals surface area contributed by atoms with Crippen LogP contribution in [0.4, 0.5) is 0 Å². The largest absolute Gasteiger partial charge is 0.486 e. The van der Waals surface area contributed by atoms with Gasteiger partial charge in [-0.15, -0.1) is 0 Å². The van der Waals surface area contributed by atoms with Gasteiger partial charge in [-0.1, -0.05) is 0 Å². The van der Waals surface area contributed by atoms with Gasteiger partial charge in [-0.3, -0.25) is 9.59 Å². The van der Waals surface area contributed by atoms with Gasteiger partial charge in [-0.2, -0.15) is 0 Å². The Bertz CT molecular complexity index is 353.